The van der Waals surface area contributed by atoms with Crippen LogP contribution in [0.25, 0.3) is 0 Å². The number of hydrogen-bond acceptors (Lipinski definition) is 5. The maximum Gasteiger partial charge on any atom is 0.225 e. The van der Waals surface area contributed by atoms with Crippen molar-refractivity contribution in [3.8, 4) is 0 Å². The molecule has 2 atom stereocenters. The average Bonchev–Trinajstić information content (AvgIpc) is 2.86. The maximum absolute atomic E-state index is 9.55. The minimum atomic E-state index is -0.227. The van der Waals surface area contributed by atoms with Gasteiger partial charge in [0.15, 0.2) is 0 Å². The molecule has 1 N–H and O–H groups in total. The van der Waals surface area contributed by atoms with Crippen LogP contribution in [0, 0.1) is 0 Å². The summed E-state index contributed by atoms with van der Waals surface area (Å²) in [6.45, 7) is 3.81. The molecule has 3 rings (SSSR count). The Bertz CT molecular complexity index is 422. The summed E-state index contributed by atoms with van der Waals surface area (Å²) in [5.74, 6) is 1.32. The molecule has 0 aliphatic carbocycles. The predicted molar refractivity (Wildman–Crippen MR) is 74.3 cm³/mol. The van der Waals surface area contributed by atoms with E-state index in [-0.39, 0.29) is 6.10 Å². The van der Waals surface area contributed by atoms with Crippen LogP contribution in [0.2, 0.25) is 0 Å². The van der Waals surface area contributed by atoms with Gasteiger partial charge in [-0.2, -0.15) is 0 Å². The monoisotopic (exact) mass is 262 g/mol. The molecule has 2 unspecified atom stereocenters. The number of aliphatic hydroxyl groups is 1. The van der Waals surface area contributed by atoms with Crippen LogP contribution < -0.4 is 4.90 Å². The van der Waals surface area contributed by atoms with Crippen LogP contribution in [-0.4, -0.2) is 59.3 Å². The number of aliphatic hydroxyl groups excluding tert-OH is 1. The fourth-order valence-electron chi connectivity index (χ4n) is 3.07. The second-order valence-corrected chi connectivity index (χ2v) is 5.81. The van der Waals surface area contributed by atoms with Crippen molar-refractivity contribution in [1.82, 2.24) is 14.9 Å². The van der Waals surface area contributed by atoms with Crippen LogP contribution >= 0.6 is 0 Å². The number of piperidine rings is 1. The molecule has 1 aromatic heterocycles. The van der Waals surface area contributed by atoms with Crippen molar-refractivity contribution >= 4 is 5.95 Å². The Hall–Kier alpha value is -1.20. The van der Waals surface area contributed by atoms with Crippen LogP contribution in [0.3, 0.4) is 0 Å². The van der Waals surface area contributed by atoms with Gasteiger partial charge < -0.3 is 14.9 Å². The van der Waals surface area contributed by atoms with Gasteiger partial charge in [0.2, 0.25) is 5.95 Å². The molecular weight excluding hydrogens is 240 g/mol. The first-order valence-corrected chi connectivity index (χ1v) is 7.16. The van der Waals surface area contributed by atoms with Crippen LogP contribution in [0.15, 0.2) is 12.4 Å². The molecule has 0 spiro atoms. The highest BCUT2D eigenvalue weighted by molar-refractivity contribution is 5.32. The fraction of sp³-hybridized carbons (Fsp3) is 0.714. The van der Waals surface area contributed by atoms with Gasteiger partial charge in [-0.1, -0.05) is 0 Å². The van der Waals surface area contributed by atoms with E-state index in [9.17, 15) is 5.11 Å². The van der Waals surface area contributed by atoms with Crippen molar-refractivity contribution in [1.29, 1.82) is 0 Å². The fourth-order valence-corrected chi connectivity index (χ4v) is 3.07. The Balaban J connectivity index is 1.68. The first-order valence-electron chi connectivity index (χ1n) is 7.16. The topological polar surface area (TPSA) is 52.5 Å². The average molecular weight is 262 g/mol. The number of rotatable bonds is 2. The lowest BCUT2D eigenvalue weighted by molar-refractivity contribution is 0.198. The summed E-state index contributed by atoms with van der Waals surface area (Å²) >= 11 is 0. The van der Waals surface area contributed by atoms with Gasteiger partial charge in [0.05, 0.1) is 6.10 Å². The number of nitrogens with zero attached hydrogens (tertiary/aromatic N) is 4. The van der Waals surface area contributed by atoms with Crippen LogP contribution in [-0.2, 0) is 0 Å². The zero-order valence-corrected chi connectivity index (χ0v) is 11.5. The lowest BCUT2D eigenvalue weighted by atomic mass is 9.93. The molecule has 0 aromatic carbocycles. The molecular formula is C14H22N4O. The first kappa shape index (κ1) is 12.8. The van der Waals surface area contributed by atoms with Gasteiger partial charge in [-0.05, 0) is 44.3 Å². The largest absolute Gasteiger partial charge is 0.391 e. The van der Waals surface area contributed by atoms with Crippen molar-refractivity contribution in [2.75, 3.05) is 38.1 Å². The summed E-state index contributed by atoms with van der Waals surface area (Å²) in [5, 5.41) is 9.55. The van der Waals surface area contributed by atoms with E-state index in [0.29, 0.717) is 12.5 Å². The molecule has 0 amide bonds. The quantitative estimate of drug-likeness (QED) is 0.856. The third kappa shape index (κ3) is 2.87. The lowest BCUT2D eigenvalue weighted by Crippen LogP contribution is -2.31. The molecule has 0 saturated carbocycles. The van der Waals surface area contributed by atoms with E-state index >= 15 is 0 Å². The second-order valence-electron chi connectivity index (χ2n) is 5.81. The van der Waals surface area contributed by atoms with E-state index in [1.165, 1.54) is 24.9 Å². The molecule has 2 aliphatic rings. The standard InChI is InChI=1S/C14H22N4O/c1-17-5-2-3-11(9-17)12-7-15-14(16-8-12)18-6-4-13(19)10-18/h7-8,11,13,19H,2-6,9-10H2,1H3. The molecule has 104 valence electrons. The number of hydrogen-bond donors (Lipinski definition) is 1. The Kier molecular flexibility index (Phi) is 3.66. The molecule has 2 aliphatic heterocycles. The normalized spacial score (nSPS) is 28.8. The van der Waals surface area contributed by atoms with E-state index in [1.807, 2.05) is 12.4 Å². The van der Waals surface area contributed by atoms with E-state index in [0.717, 1.165) is 25.5 Å². The molecule has 2 saturated heterocycles. The van der Waals surface area contributed by atoms with E-state index in [1.54, 1.807) is 0 Å². The highest BCUT2D eigenvalue weighted by Gasteiger charge is 2.23. The zero-order chi connectivity index (χ0) is 13.2. The Morgan fingerprint density at radius 1 is 1.16 bits per heavy atom. The van der Waals surface area contributed by atoms with Gasteiger partial charge in [-0.3, -0.25) is 0 Å². The number of likely N-dealkylation sites (N-methyl/N-ethyl adjacent to an activating group) is 1. The van der Waals surface area contributed by atoms with Crippen LogP contribution in [0.1, 0.15) is 30.7 Å². The smallest absolute Gasteiger partial charge is 0.225 e. The molecule has 5 heteroatoms. The molecule has 19 heavy (non-hydrogen) atoms. The summed E-state index contributed by atoms with van der Waals surface area (Å²) < 4.78 is 0. The van der Waals surface area contributed by atoms with Gasteiger partial charge in [0.25, 0.3) is 0 Å². The SMILES string of the molecule is CN1CCCC(c2cnc(N3CCC(O)C3)nc2)C1. The van der Waals surface area contributed by atoms with Gasteiger partial charge in [0.1, 0.15) is 0 Å². The van der Waals surface area contributed by atoms with Gasteiger partial charge in [-0.15, -0.1) is 0 Å². The van der Waals surface area contributed by atoms with Gasteiger partial charge in [-0.25, -0.2) is 9.97 Å². The Labute approximate surface area is 114 Å². The van der Waals surface area contributed by atoms with Crippen molar-refractivity contribution in [2.45, 2.75) is 31.3 Å². The zero-order valence-electron chi connectivity index (χ0n) is 11.5. The third-order valence-electron chi connectivity index (χ3n) is 4.20. The summed E-state index contributed by atoms with van der Waals surface area (Å²) in [6.07, 6.45) is 7.01. The molecule has 3 heterocycles. The highest BCUT2D eigenvalue weighted by Crippen LogP contribution is 2.26. The maximum atomic E-state index is 9.55. The number of likely N-dealkylation sites (tertiary alicyclic amines) is 1. The van der Waals surface area contributed by atoms with E-state index in [2.05, 4.69) is 26.8 Å². The summed E-state index contributed by atoms with van der Waals surface area (Å²) in [5.41, 5.74) is 1.25. The van der Waals surface area contributed by atoms with Crippen LogP contribution in [0.5, 0.6) is 0 Å². The number of β-amino-alcohol motifs (C(OH)–C–C–N with tert-alkyl or cyclic N) is 1. The van der Waals surface area contributed by atoms with E-state index < -0.39 is 0 Å². The van der Waals surface area contributed by atoms with Gasteiger partial charge >= 0.3 is 0 Å². The Morgan fingerprint density at radius 2 is 1.95 bits per heavy atom. The van der Waals surface area contributed by atoms with Crippen molar-refractivity contribution < 1.29 is 5.11 Å². The summed E-state index contributed by atoms with van der Waals surface area (Å²) in [6, 6.07) is 0. The Morgan fingerprint density at radius 3 is 2.58 bits per heavy atom. The predicted octanol–water partition coefficient (Wildman–Crippen LogP) is 0.857. The van der Waals surface area contributed by atoms with Crippen molar-refractivity contribution in [2.24, 2.45) is 0 Å². The van der Waals surface area contributed by atoms with Gasteiger partial charge in [0, 0.05) is 32.0 Å². The minimum Gasteiger partial charge on any atom is -0.391 e. The van der Waals surface area contributed by atoms with Crippen molar-refractivity contribution in [3.63, 3.8) is 0 Å². The first-order chi connectivity index (χ1) is 9.22. The number of aromatic nitrogens is 2. The molecule has 0 bridgehead atoms. The summed E-state index contributed by atoms with van der Waals surface area (Å²) in [7, 11) is 2.17. The second kappa shape index (κ2) is 5.43. The highest BCUT2D eigenvalue weighted by atomic mass is 16.3. The third-order valence-corrected chi connectivity index (χ3v) is 4.20. The molecule has 1 aromatic rings. The van der Waals surface area contributed by atoms with Crippen LogP contribution in [0.4, 0.5) is 5.95 Å². The molecule has 0 radical (unpaired) electrons. The van der Waals surface area contributed by atoms with Crippen molar-refractivity contribution in [3.05, 3.63) is 18.0 Å². The molecule has 2 fully saturated rings. The lowest BCUT2D eigenvalue weighted by Gasteiger charge is -2.29. The molecule has 5 nitrogen and oxygen atoms in total. The minimum absolute atomic E-state index is 0.227. The van der Waals surface area contributed by atoms with E-state index in [4.69, 9.17) is 0 Å². The summed E-state index contributed by atoms with van der Waals surface area (Å²) in [4.78, 5) is 13.4. The number of anilines is 1.